The zero-order chi connectivity index (χ0) is 20.4. The van der Waals surface area contributed by atoms with Gasteiger partial charge in [-0.1, -0.05) is 36.7 Å². The monoisotopic (exact) mass is 403 g/mol. The third-order valence-corrected chi connectivity index (χ3v) is 4.40. The molecule has 0 aliphatic carbocycles. The van der Waals surface area contributed by atoms with E-state index in [1.165, 1.54) is 0 Å². The highest BCUT2D eigenvalue weighted by atomic mass is 35.5. The molecule has 0 aliphatic heterocycles. The topological polar surface area (TPSA) is 70.7 Å². The van der Waals surface area contributed by atoms with Gasteiger partial charge < -0.3 is 15.4 Å². The number of ether oxygens (including phenoxy) is 1. The molecular weight excluding hydrogens is 378 g/mol. The standard InChI is InChI=1S/C21H26ClN3O3/c1-3-25(15-21(27)24-18-8-5-9-19(13-18)28-2)14-20(26)23-11-10-16-6-4-7-17(22)12-16/h4-9,12-13H,3,10-11,14-15H2,1-2H3,(H,23,26)(H,24,27). The Bertz CT molecular complexity index is 798. The fraction of sp³-hybridized carbons (Fsp3) is 0.333. The lowest BCUT2D eigenvalue weighted by atomic mass is 10.1. The maximum absolute atomic E-state index is 12.3. The van der Waals surface area contributed by atoms with Crippen LogP contribution in [-0.2, 0) is 16.0 Å². The Morgan fingerprint density at radius 3 is 2.54 bits per heavy atom. The van der Waals surface area contributed by atoms with Crippen LogP contribution >= 0.6 is 11.6 Å². The molecule has 0 bridgehead atoms. The summed E-state index contributed by atoms with van der Waals surface area (Å²) in [6.45, 7) is 3.32. The van der Waals surface area contributed by atoms with Gasteiger partial charge in [-0.05, 0) is 42.8 Å². The van der Waals surface area contributed by atoms with E-state index in [2.05, 4.69) is 10.6 Å². The Morgan fingerprint density at radius 1 is 1.07 bits per heavy atom. The minimum atomic E-state index is -0.179. The highest BCUT2D eigenvalue weighted by molar-refractivity contribution is 6.30. The van der Waals surface area contributed by atoms with Crippen LogP contribution in [0.2, 0.25) is 5.02 Å². The van der Waals surface area contributed by atoms with E-state index >= 15 is 0 Å². The van der Waals surface area contributed by atoms with Crippen molar-refractivity contribution in [3.8, 4) is 5.75 Å². The summed E-state index contributed by atoms with van der Waals surface area (Å²) >= 11 is 5.96. The van der Waals surface area contributed by atoms with Crippen LogP contribution < -0.4 is 15.4 Å². The van der Waals surface area contributed by atoms with E-state index in [4.69, 9.17) is 16.3 Å². The molecule has 0 saturated heterocycles. The summed E-state index contributed by atoms with van der Waals surface area (Å²) in [7, 11) is 1.57. The normalized spacial score (nSPS) is 10.6. The van der Waals surface area contributed by atoms with Crippen LogP contribution in [0.25, 0.3) is 0 Å². The second-order valence-corrected chi connectivity index (χ2v) is 6.75. The van der Waals surface area contributed by atoms with Crippen LogP contribution in [0.5, 0.6) is 5.75 Å². The molecule has 0 fully saturated rings. The Balaban J connectivity index is 1.75. The predicted molar refractivity (Wildman–Crippen MR) is 112 cm³/mol. The van der Waals surface area contributed by atoms with Crippen molar-refractivity contribution in [3.63, 3.8) is 0 Å². The molecule has 28 heavy (non-hydrogen) atoms. The first kappa shape index (κ1) is 21.7. The van der Waals surface area contributed by atoms with Crippen LogP contribution in [0, 0.1) is 0 Å². The second kappa shape index (κ2) is 11.3. The van der Waals surface area contributed by atoms with Crippen molar-refractivity contribution in [2.45, 2.75) is 13.3 Å². The number of halogens is 1. The van der Waals surface area contributed by atoms with Crippen molar-refractivity contribution in [2.24, 2.45) is 0 Å². The third-order valence-electron chi connectivity index (χ3n) is 4.16. The summed E-state index contributed by atoms with van der Waals surface area (Å²) in [5.41, 5.74) is 1.73. The number of likely N-dealkylation sites (N-methyl/N-ethyl adjacent to an activating group) is 1. The first-order chi connectivity index (χ1) is 13.5. The number of carbonyl (C=O) groups is 2. The molecule has 2 aromatic carbocycles. The summed E-state index contributed by atoms with van der Waals surface area (Å²) < 4.78 is 5.15. The van der Waals surface area contributed by atoms with Gasteiger partial charge in [0.1, 0.15) is 5.75 Å². The number of methoxy groups -OCH3 is 1. The van der Waals surface area contributed by atoms with Gasteiger partial charge in [0.15, 0.2) is 0 Å². The van der Waals surface area contributed by atoms with Crippen LogP contribution in [0.4, 0.5) is 5.69 Å². The number of nitrogens with one attached hydrogen (secondary N) is 2. The fourth-order valence-electron chi connectivity index (χ4n) is 2.68. The number of amides is 2. The number of carbonyl (C=O) groups excluding carboxylic acids is 2. The molecule has 0 heterocycles. The Kier molecular flexibility index (Phi) is 8.78. The minimum absolute atomic E-state index is 0.113. The van der Waals surface area contributed by atoms with Crippen molar-refractivity contribution >= 4 is 29.1 Å². The summed E-state index contributed by atoms with van der Waals surface area (Å²) in [6.07, 6.45) is 0.703. The molecule has 150 valence electrons. The van der Waals surface area contributed by atoms with Gasteiger partial charge in [-0.3, -0.25) is 14.5 Å². The molecule has 0 spiro atoms. The van der Waals surface area contributed by atoms with Gasteiger partial charge in [-0.2, -0.15) is 0 Å². The first-order valence-corrected chi connectivity index (χ1v) is 9.55. The molecule has 0 radical (unpaired) electrons. The molecule has 2 amide bonds. The number of hydrogen-bond donors (Lipinski definition) is 2. The smallest absolute Gasteiger partial charge is 0.238 e. The van der Waals surface area contributed by atoms with Crippen molar-refractivity contribution in [3.05, 3.63) is 59.1 Å². The Hall–Kier alpha value is -2.57. The highest BCUT2D eigenvalue weighted by Crippen LogP contribution is 2.16. The summed E-state index contributed by atoms with van der Waals surface area (Å²) in [6, 6.07) is 14.7. The SMILES string of the molecule is CCN(CC(=O)NCCc1cccc(Cl)c1)CC(=O)Nc1cccc(OC)c1. The average Bonchev–Trinajstić information content (AvgIpc) is 2.67. The zero-order valence-corrected chi connectivity index (χ0v) is 17.0. The maximum Gasteiger partial charge on any atom is 0.238 e. The molecule has 0 aliphatic rings. The lowest BCUT2D eigenvalue weighted by molar-refractivity contribution is -0.123. The molecule has 2 N–H and O–H groups in total. The second-order valence-electron chi connectivity index (χ2n) is 6.31. The van der Waals surface area contributed by atoms with E-state index < -0.39 is 0 Å². The first-order valence-electron chi connectivity index (χ1n) is 9.17. The van der Waals surface area contributed by atoms with Gasteiger partial charge in [-0.15, -0.1) is 0 Å². The number of anilines is 1. The van der Waals surface area contributed by atoms with Crippen molar-refractivity contribution < 1.29 is 14.3 Å². The summed E-state index contributed by atoms with van der Waals surface area (Å²) in [4.78, 5) is 26.2. The molecule has 2 aromatic rings. The molecule has 0 unspecified atom stereocenters. The minimum Gasteiger partial charge on any atom is -0.497 e. The van der Waals surface area contributed by atoms with E-state index in [-0.39, 0.29) is 24.9 Å². The van der Waals surface area contributed by atoms with E-state index in [0.29, 0.717) is 36.0 Å². The number of hydrogen-bond acceptors (Lipinski definition) is 4. The summed E-state index contributed by atoms with van der Waals surface area (Å²) in [5.74, 6) is 0.379. The van der Waals surface area contributed by atoms with Crippen LogP contribution in [0.3, 0.4) is 0 Å². The van der Waals surface area contributed by atoms with E-state index in [9.17, 15) is 9.59 Å². The number of benzene rings is 2. The molecule has 0 aromatic heterocycles. The van der Waals surface area contributed by atoms with Gasteiger partial charge in [0.25, 0.3) is 0 Å². The van der Waals surface area contributed by atoms with Gasteiger partial charge in [0.2, 0.25) is 11.8 Å². The average molecular weight is 404 g/mol. The molecule has 6 nitrogen and oxygen atoms in total. The van der Waals surface area contributed by atoms with Gasteiger partial charge in [0, 0.05) is 23.3 Å². The Labute approximate surface area is 170 Å². The molecule has 2 rings (SSSR count). The van der Waals surface area contributed by atoms with E-state index in [0.717, 1.165) is 5.56 Å². The van der Waals surface area contributed by atoms with Crippen molar-refractivity contribution in [2.75, 3.05) is 38.6 Å². The van der Waals surface area contributed by atoms with Gasteiger partial charge in [-0.25, -0.2) is 0 Å². The molecule has 0 saturated carbocycles. The molecule has 7 heteroatoms. The quantitative estimate of drug-likeness (QED) is 0.639. The highest BCUT2D eigenvalue weighted by Gasteiger charge is 2.13. The maximum atomic E-state index is 12.3. The number of nitrogens with zero attached hydrogens (tertiary/aromatic N) is 1. The number of rotatable bonds is 10. The Morgan fingerprint density at radius 2 is 1.82 bits per heavy atom. The van der Waals surface area contributed by atoms with Gasteiger partial charge >= 0.3 is 0 Å². The van der Waals surface area contributed by atoms with Crippen LogP contribution in [0.15, 0.2) is 48.5 Å². The largest absolute Gasteiger partial charge is 0.497 e. The molecule has 0 atom stereocenters. The van der Waals surface area contributed by atoms with Crippen LogP contribution in [-0.4, -0.2) is 50.0 Å². The lowest BCUT2D eigenvalue weighted by Gasteiger charge is -2.19. The van der Waals surface area contributed by atoms with E-state index in [1.807, 2.05) is 37.3 Å². The predicted octanol–water partition coefficient (Wildman–Crippen LogP) is 2.97. The lowest BCUT2D eigenvalue weighted by Crippen LogP contribution is -2.41. The fourth-order valence-corrected chi connectivity index (χ4v) is 2.89. The van der Waals surface area contributed by atoms with Crippen LogP contribution in [0.1, 0.15) is 12.5 Å². The summed E-state index contributed by atoms with van der Waals surface area (Å²) in [5, 5.41) is 6.38. The molecular formula is C21H26ClN3O3. The van der Waals surface area contributed by atoms with Crippen molar-refractivity contribution in [1.82, 2.24) is 10.2 Å². The van der Waals surface area contributed by atoms with Gasteiger partial charge in [0.05, 0.1) is 20.2 Å². The van der Waals surface area contributed by atoms with Crippen molar-refractivity contribution in [1.29, 1.82) is 0 Å². The van der Waals surface area contributed by atoms with E-state index in [1.54, 1.807) is 30.2 Å². The zero-order valence-electron chi connectivity index (χ0n) is 16.2. The third kappa shape index (κ3) is 7.58.